The molecule has 0 aromatic heterocycles. The summed E-state index contributed by atoms with van der Waals surface area (Å²) < 4.78 is 27.0. The molecule has 20 heavy (non-hydrogen) atoms. The van der Waals surface area contributed by atoms with Gasteiger partial charge in [-0.05, 0) is 41.9 Å². The van der Waals surface area contributed by atoms with Gasteiger partial charge in [0.15, 0.2) is 0 Å². The third kappa shape index (κ3) is 3.18. The van der Waals surface area contributed by atoms with Crippen LogP contribution in [0, 0.1) is 11.8 Å². The van der Waals surface area contributed by atoms with E-state index in [4.69, 9.17) is 11.6 Å². The molecule has 112 valence electrons. The Hall–Kier alpha value is -0.580. The third-order valence-corrected chi connectivity index (χ3v) is 6.34. The lowest BCUT2D eigenvalue weighted by Gasteiger charge is -2.19. The summed E-state index contributed by atoms with van der Waals surface area (Å²) in [5, 5.41) is 0. The smallest absolute Gasteiger partial charge is 0.207 e. The Kier molecular flexibility index (Phi) is 4.77. The maximum absolute atomic E-state index is 12.7. The molecular weight excluding hydrogens is 294 g/mol. The standard InChI is InChI=1S/C15H22ClNO2S/c1-4-13-6-5-12(9-16)8-15(13)20(18,19)17(3)10-14-7-11(14)2/h5-6,8,11,14H,4,7,9-10H2,1-3H3. The summed E-state index contributed by atoms with van der Waals surface area (Å²) in [7, 11) is -1.74. The summed E-state index contributed by atoms with van der Waals surface area (Å²) in [5.74, 6) is 1.49. The van der Waals surface area contributed by atoms with Gasteiger partial charge in [0.1, 0.15) is 0 Å². The Morgan fingerprint density at radius 3 is 2.55 bits per heavy atom. The molecule has 0 radical (unpaired) electrons. The van der Waals surface area contributed by atoms with Crippen molar-refractivity contribution in [2.75, 3.05) is 13.6 Å². The summed E-state index contributed by atoms with van der Waals surface area (Å²) in [4.78, 5) is 0.411. The first-order valence-electron chi connectivity index (χ1n) is 7.04. The van der Waals surface area contributed by atoms with Gasteiger partial charge in [0.05, 0.1) is 4.90 Å². The molecule has 1 aromatic rings. The number of aryl methyl sites for hydroxylation is 1. The zero-order valence-electron chi connectivity index (χ0n) is 12.3. The molecule has 0 N–H and O–H groups in total. The molecule has 1 saturated carbocycles. The SMILES string of the molecule is CCc1ccc(CCl)cc1S(=O)(=O)N(C)CC1CC1C. The van der Waals surface area contributed by atoms with Crippen molar-refractivity contribution in [1.82, 2.24) is 4.31 Å². The Balaban J connectivity index is 2.31. The van der Waals surface area contributed by atoms with Gasteiger partial charge < -0.3 is 0 Å². The van der Waals surface area contributed by atoms with E-state index in [-0.39, 0.29) is 0 Å². The van der Waals surface area contributed by atoms with E-state index in [0.717, 1.165) is 17.5 Å². The van der Waals surface area contributed by atoms with Crippen molar-refractivity contribution in [3.63, 3.8) is 0 Å². The van der Waals surface area contributed by atoms with Gasteiger partial charge in [0.2, 0.25) is 10.0 Å². The van der Waals surface area contributed by atoms with E-state index in [2.05, 4.69) is 6.92 Å². The Bertz CT molecular complexity index is 586. The zero-order valence-corrected chi connectivity index (χ0v) is 13.8. The highest BCUT2D eigenvalue weighted by Crippen LogP contribution is 2.39. The van der Waals surface area contributed by atoms with Crippen LogP contribution in [0.25, 0.3) is 0 Å². The molecule has 2 rings (SSSR count). The lowest BCUT2D eigenvalue weighted by atomic mass is 10.1. The molecule has 1 aliphatic carbocycles. The average Bonchev–Trinajstić information content (AvgIpc) is 3.13. The minimum absolute atomic E-state index is 0.329. The van der Waals surface area contributed by atoms with E-state index in [0.29, 0.717) is 35.6 Å². The first-order chi connectivity index (χ1) is 9.40. The summed E-state index contributed by atoms with van der Waals surface area (Å²) in [6, 6.07) is 5.49. The fourth-order valence-electron chi connectivity index (χ4n) is 2.46. The monoisotopic (exact) mass is 315 g/mol. The largest absolute Gasteiger partial charge is 0.243 e. The van der Waals surface area contributed by atoms with E-state index in [1.54, 1.807) is 13.1 Å². The topological polar surface area (TPSA) is 37.4 Å². The highest BCUT2D eigenvalue weighted by atomic mass is 35.5. The predicted molar refractivity (Wildman–Crippen MR) is 82.5 cm³/mol. The van der Waals surface area contributed by atoms with Crippen LogP contribution in [0.3, 0.4) is 0 Å². The second-order valence-electron chi connectivity index (χ2n) is 5.69. The lowest BCUT2D eigenvalue weighted by Crippen LogP contribution is -2.30. The van der Waals surface area contributed by atoms with Crippen molar-refractivity contribution in [1.29, 1.82) is 0 Å². The van der Waals surface area contributed by atoms with Crippen LogP contribution in [-0.4, -0.2) is 26.3 Å². The van der Waals surface area contributed by atoms with Gasteiger partial charge in [-0.25, -0.2) is 12.7 Å². The van der Waals surface area contributed by atoms with E-state index < -0.39 is 10.0 Å². The van der Waals surface area contributed by atoms with E-state index in [9.17, 15) is 8.42 Å². The first-order valence-corrected chi connectivity index (χ1v) is 9.01. The number of hydrogen-bond acceptors (Lipinski definition) is 2. The second-order valence-corrected chi connectivity index (χ2v) is 7.97. The minimum Gasteiger partial charge on any atom is -0.207 e. The number of halogens is 1. The molecule has 0 aliphatic heterocycles. The fourth-order valence-corrected chi connectivity index (χ4v) is 4.20. The van der Waals surface area contributed by atoms with Crippen LogP contribution < -0.4 is 0 Å². The van der Waals surface area contributed by atoms with Gasteiger partial charge in [-0.2, -0.15) is 0 Å². The molecule has 5 heteroatoms. The summed E-state index contributed by atoms with van der Waals surface area (Å²) in [5.41, 5.74) is 1.70. The molecule has 1 aliphatic rings. The van der Waals surface area contributed by atoms with Crippen molar-refractivity contribution < 1.29 is 8.42 Å². The predicted octanol–water partition coefficient (Wildman–Crippen LogP) is 3.26. The quantitative estimate of drug-likeness (QED) is 0.756. The number of benzene rings is 1. The van der Waals surface area contributed by atoms with E-state index in [1.807, 2.05) is 19.1 Å². The van der Waals surface area contributed by atoms with Crippen molar-refractivity contribution in [2.24, 2.45) is 11.8 Å². The Morgan fingerprint density at radius 2 is 2.05 bits per heavy atom. The van der Waals surface area contributed by atoms with Gasteiger partial charge in [-0.15, -0.1) is 11.6 Å². The molecule has 0 saturated heterocycles. The lowest BCUT2D eigenvalue weighted by molar-refractivity contribution is 0.444. The van der Waals surface area contributed by atoms with Crippen molar-refractivity contribution in [2.45, 2.75) is 37.5 Å². The first kappa shape index (κ1) is 15.8. The normalized spacial score (nSPS) is 22.2. The van der Waals surface area contributed by atoms with Crippen LogP contribution in [0.5, 0.6) is 0 Å². The van der Waals surface area contributed by atoms with Crippen LogP contribution in [0.15, 0.2) is 23.1 Å². The highest BCUT2D eigenvalue weighted by molar-refractivity contribution is 7.89. The fraction of sp³-hybridized carbons (Fsp3) is 0.600. The molecule has 1 fully saturated rings. The second kappa shape index (κ2) is 6.04. The van der Waals surface area contributed by atoms with Crippen molar-refractivity contribution in [3.05, 3.63) is 29.3 Å². The highest BCUT2D eigenvalue weighted by Gasteiger charge is 2.36. The summed E-state index contributed by atoms with van der Waals surface area (Å²) in [6.45, 7) is 4.74. The van der Waals surface area contributed by atoms with Gasteiger partial charge in [-0.3, -0.25) is 0 Å². The van der Waals surface area contributed by atoms with Crippen LogP contribution >= 0.6 is 11.6 Å². The Labute approximate surface area is 127 Å². The molecule has 3 nitrogen and oxygen atoms in total. The summed E-state index contributed by atoms with van der Waals surface area (Å²) >= 11 is 5.83. The average molecular weight is 316 g/mol. The van der Waals surface area contributed by atoms with Crippen molar-refractivity contribution >= 4 is 21.6 Å². The Morgan fingerprint density at radius 1 is 1.40 bits per heavy atom. The molecule has 1 aromatic carbocycles. The molecule has 0 heterocycles. The molecule has 0 amide bonds. The van der Waals surface area contributed by atoms with Gasteiger partial charge >= 0.3 is 0 Å². The maximum atomic E-state index is 12.7. The molecular formula is C15H22ClNO2S. The van der Waals surface area contributed by atoms with E-state index >= 15 is 0 Å². The van der Waals surface area contributed by atoms with E-state index in [1.165, 1.54) is 4.31 Å². The van der Waals surface area contributed by atoms with Gasteiger partial charge in [-0.1, -0.05) is 26.0 Å². The van der Waals surface area contributed by atoms with Crippen LogP contribution in [-0.2, 0) is 22.3 Å². The molecule has 2 unspecified atom stereocenters. The zero-order chi connectivity index (χ0) is 14.9. The summed E-state index contributed by atoms with van der Waals surface area (Å²) in [6.07, 6.45) is 1.83. The number of rotatable bonds is 6. The van der Waals surface area contributed by atoms with Crippen LogP contribution in [0.4, 0.5) is 0 Å². The van der Waals surface area contributed by atoms with Gasteiger partial charge in [0, 0.05) is 19.5 Å². The number of hydrogen-bond donors (Lipinski definition) is 0. The molecule has 0 spiro atoms. The van der Waals surface area contributed by atoms with Crippen LogP contribution in [0.1, 0.15) is 31.4 Å². The van der Waals surface area contributed by atoms with Crippen molar-refractivity contribution in [3.8, 4) is 0 Å². The molecule has 0 bridgehead atoms. The van der Waals surface area contributed by atoms with Crippen LogP contribution in [0.2, 0.25) is 0 Å². The number of sulfonamides is 1. The maximum Gasteiger partial charge on any atom is 0.243 e. The molecule has 2 atom stereocenters. The number of alkyl halides is 1. The third-order valence-electron chi connectivity index (χ3n) is 4.12. The van der Waals surface area contributed by atoms with Gasteiger partial charge in [0.25, 0.3) is 0 Å². The minimum atomic E-state index is -3.42. The number of nitrogens with zero attached hydrogens (tertiary/aromatic N) is 1.